The van der Waals surface area contributed by atoms with Crippen molar-refractivity contribution in [3.63, 3.8) is 0 Å². The molecule has 28 heavy (non-hydrogen) atoms. The van der Waals surface area contributed by atoms with E-state index >= 15 is 0 Å². The van der Waals surface area contributed by atoms with Crippen molar-refractivity contribution in [3.8, 4) is 11.5 Å². The number of hydrogen-bond acceptors (Lipinski definition) is 4. The largest absolute Gasteiger partial charge is 0.493 e. The summed E-state index contributed by atoms with van der Waals surface area (Å²) in [6.45, 7) is 1.89. The number of aryl methyl sites for hydroxylation is 1. The van der Waals surface area contributed by atoms with Crippen LogP contribution < -0.4 is 14.8 Å². The van der Waals surface area contributed by atoms with Gasteiger partial charge in [0.15, 0.2) is 11.5 Å². The number of methoxy groups -OCH3 is 2. The molecule has 0 fully saturated rings. The van der Waals surface area contributed by atoms with E-state index < -0.39 is 0 Å². The number of fused-ring (bicyclic) bond motifs is 1. The van der Waals surface area contributed by atoms with E-state index in [-0.39, 0.29) is 6.03 Å². The summed E-state index contributed by atoms with van der Waals surface area (Å²) < 4.78 is 12.7. The van der Waals surface area contributed by atoms with Gasteiger partial charge in [-0.3, -0.25) is 0 Å². The number of nitrogens with one attached hydrogen (secondary N) is 1. The van der Waals surface area contributed by atoms with Crippen molar-refractivity contribution >= 4 is 17.1 Å². The second kappa shape index (κ2) is 9.12. The topological polar surface area (TPSA) is 68.6 Å². The lowest BCUT2D eigenvalue weighted by atomic mass is 10.2. The van der Waals surface area contributed by atoms with E-state index in [0.717, 1.165) is 29.6 Å². The van der Waals surface area contributed by atoms with E-state index in [4.69, 9.17) is 9.47 Å². The predicted octanol–water partition coefficient (Wildman–Crippen LogP) is 3.29. The lowest BCUT2D eigenvalue weighted by molar-refractivity contribution is 0.206. The highest BCUT2D eigenvalue weighted by atomic mass is 16.5. The van der Waals surface area contributed by atoms with Crippen molar-refractivity contribution in [2.75, 3.05) is 27.8 Å². The summed E-state index contributed by atoms with van der Waals surface area (Å²) in [4.78, 5) is 18.4. The Labute approximate surface area is 164 Å². The van der Waals surface area contributed by atoms with Crippen LogP contribution in [0.2, 0.25) is 0 Å². The number of ether oxygens (including phenoxy) is 2. The Kier molecular flexibility index (Phi) is 6.37. The van der Waals surface area contributed by atoms with Gasteiger partial charge in [-0.05, 0) is 36.2 Å². The molecule has 1 aromatic heterocycles. The third-order valence-corrected chi connectivity index (χ3v) is 4.59. The van der Waals surface area contributed by atoms with Crippen molar-refractivity contribution in [2.24, 2.45) is 0 Å². The van der Waals surface area contributed by atoms with Gasteiger partial charge in [-0.1, -0.05) is 18.2 Å². The fraction of sp³-hybridized carbons (Fsp3) is 0.333. The summed E-state index contributed by atoms with van der Waals surface area (Å²) >= 11 is 0. The molecule has 0 bridgehead atoms. The number of amides is 2. The lowest BCUT2D eigenvalue weighted by Gasteiger charge is -2.19. The van der Waals surface area contributed by atoms with Gasteiger partial charge in [0.25, 0.3) is 0 Å². The van der Waals surface area contributed by atoms with Gasteiger partial charge in [-0.25, -0.2) is 9.78 Å². The zero-order valence-electron chi connectivity index (χ0n) is 16.5. The lowest BCUT2D eigenvalue weighted by Crippen LogP contribution is -2.37. The Morgan fingerprint density at radius 3 is 2.71 bits per heavy atom. The minimum absolute atomic E-state index is 0.106. The van der Waals surface area contributed by atoms with Crippen LogP contribution in [-0.2, 0) is 13.1 Å². The van der Waals surface area contributed by atoms with Crippen molar-refractivity contribution < 1.29 is 14.3 Å². The fourth-order valence-electron chi connectivity index (χ4n) is 3.09. The molecule has 3 aromatic rings. The number of rotatable bonds is 8. The zero-order chi connectivity index (χ0) is 19.9. The number of benzene rings is 2. The SMILES string of the molecule is COc1ccc(CN(C)C(=O)NCCCn2cnc3ccccc32)cc1OC. The minimum atomic E-state index is -0.106. The second-order valence-corrected chi connectivity index (χ2v) is 6.56. The first-order valence-electron chi connectivity index (χ1n) is 9.22. The Morgan fingerprint density at radius 2 is 1.93 bits per heavy atom. The summed E-state index contributed by atoms with van der Waals surface area (Å²) in [7, 11) is 4.97. The van der Waals surface area contributed by atoms with Crippen molar-refractivity contribution in [1.82, 2.24) is 19.8 Å². The summed E-state index contributed by atoms with van der Waals surface area (Å²) in [5, 5.41) is 2.96. The average molecular weight is 382 g/mol. The van der Waals surface area contributed by atoms with E-state index in [2.05, 4.69) is 20.9 Å². The van der Waals surface area contributed by atoms with Gasteiger partial charge in [0.1, 0.15) is 0 Å². The molecular weight excluding hydrogens is 356 g/mol. The first kappa shape index (κ1) is 19.5. The van der Waals surface area contributed by atoms with Crippen molar-refractivity contribution in [3.05, 3.63) is 54.4 Å². The first-order valence-corrected chi connectivity index (χ1v) is 9.22. The summed E-state index contributed by atoms with van der Waals surface area (Å²) in [5.74, 6) is 1.33. The van der Waals surface area contributed by atoms with Crippen molar-refractivity contribution in [2.45, 2.75) is 19.5 Å². The van der Waals surface area contributed by atoms with E-state index in [0.29, 0.717) is 24.6 Å². The van der Waals surface area contributed by atoms with E-state index in [1.165, 1.54) is 0 Å². The average Bonchev–Trinajstić information content (AvgIpc) is 3.14. The maximum atomic E-state index is 12.3. The van der Waals surface area contributed by atoms with Crippen LogP contribution in [-0.4, -0.2) is 48.3 Å². The number of hydrogen-bond donors (Lipinski definition) is 1. The number of carbonyl (C=O) groups excluding carboxylic acids is 1. The highest BCUT2D eigenvalue weighted by molar-refractivity contribution is 5.75. The normalized spacial score (nSPS) is 10.7. The maximum absolute atomic E-state index is 12.3. The minimum Gasteiger partial charge on any atom is -0.493 e. The van der Waals surface area contributed by atoms with Gasteiger partial charge in [0.2, 0.25) is 0 Å². The maximum Gasteiger partial charge on any atom is 0.317 e. The molecule has 0 radical (unpaired) electrons. The number of nitrogens with zero attached hydrogens (tertiary/aromatic N) is 3. The quantitative estimate of drug-likeness (QED) is 0.607. The zero-order valence-corrected chi connectivity index (χ0v) is 16.5. The molecule has 0 unspecified atom stereocenters. The molecular formula is C21H26N4O3. The van der Waals surface area contributed by atoms with Crippen LogP contribution >= 0.6 is 0 Å². The van der Waals surface area contributed by atoms with E-state index in [9.17, 15) is 4.79 Å². The van der Waals surface area contributed by atoms with E-state index in [1.807, 2.05) is 42.7 Å². The first-order chi connectivity index (χ1) is 13.6. The summed E-state index contributed by atoms with van der Waals surface area (Å²) in [5.41, 5.74) is 3.07. The van der Waals surface area contributed by atoms with Crippen LogP contribution in [0.1, 0.15) is 12.0 Å². The number of aromatic nitrogens is 2. The molecule has 1 N–H and O–H groups in total. The molecule has 7 heteroatoms. The highest BCUT2D eigenvalue weighted by Gasteiger charge is 2.11. The third-order valence-electron chi connectivity index (χ3n) is 4.59. The molecule has 0 spiro atoms. The Bertz CT molecular complexity index is 938. The van der Waals surface area contributed by atoms with Gasteiger partial charge in [0, 0.05) is 26.7 Å². The van der Waals surface area contributed by atoms with Crippen LogP contribution in [0.25, 0.3) is 11.0 Å². The van der Waals surface area contributed by atoms with Gasteiger partial charge in [-0.2, -0.15) is 0 Å². The molecule has 0 saturated heterocycles. The molecule has 0 aliphatic heterocycles. The summed E-state index contributed by atoms with van der Waals surface area (Å²) in [6, 6.07) is 13.6. The molecule has 2 amide bonds. The molecule has 148 valence electrons. The third kappa shape index (κ3) is 4.54. The standard InChI is InChI=1S/C21H26N4O3/c1-24(14-16-9-10-19(27-2)20(13-16)28-3)21(26)22-11-6-12-25-15-23-17-7-4-5-8-18(17)25/h4-5,7-10,13,15H,6,11-12,14H2,1-3H3,(H,22,26). The predicted molar refractivity (Wildman–Crippen MR) is 109 cm³/mol. The van der Waals surface area contributed by atoms with E-state index in [1.54, 1.807) is 26.2 Å². The number of para-hydroxylation sites is 2. The van der Waals surface area contributed by atoms with Crippen LogP contribution in [0.4, 0.5) is 4.79 Å². The second-order valence-electron chi connectivity index (χ2n) is 6.56. The molecule has 1 heterocycles. The monoisotopic (exact) mass is 382 g/mol. The number of urea groups is 1. The number of imidazole rings is 1. The molecule has 3 rings (SSSR count). The Balaban J connectivity index is 1.47. The molecule has 0 aliphatic carbocycles. The molecule has 2 aromatic carbocycles. The van der Waals surface area contributed by atoms with Crippen LogP contribution in [0, 0.1) is 0 Å². The number of carbonyl (C=O) groups is 1. The molecule has 0 aliphatic rings. The van der Waals surface area contributed by atoms with Gasteiger partial charge < -0.3 is 24.3 Å². The Hall–Kier alpha value is -3.22. The molecule has 0 atom stereocenters. The van der Waals surface area contributed by atoms with Crippen LogP contribution in [0.5, 0.6) is 11.5 Å². The van der Waals surface area contributed by atoms with Gasteiger partial charge >= 0.3 is 6.03 Å². The Morgan fingerprint density at radius 1 is 1.14 bits per heavy atom. The van der Waals surface area contributed by atoms with Crippen LogP contribution in [0.15, 0.2) is 48.8 Å². The molecule has 0 saturated carbocycles. The summed E-state index contributed by atoms with van der Waals surface area (Å²) in [6.07, 6.45) is 2.67. The van der Waals surface area contributed by atoms with Crippen LogP contribution in [0.3, 0.4) is 0 Å². The van der Waals surface area contributed by atoms with Gasteiger partial charge in [0.05, 0.1) is 31.6 Å². The smallest absolute Gasteiger partial charge is 0.317 e. The van der Waals surface area contributed by atoms with Crippen molar-refractivity contribution in [1.29, 1.82) is 0 Å². The molecule has 7 nitrogen and oxygen atoms in total. The van der Waals surface area contributed by atoms with Gasteiger partial charge in [-0.15, -0.1) is 0 Å². The highest BCUT2D eigenvalue weighted by Crippen LogP contribution is 2.27. The fourth-order valence-corrected chi connectivity index (χ4v) is 3.09.